The molecule has 24 heavy (non-hydrogen) atoms. The summed E-state index contributed by atoms with van der Waals surface area (Å²) in [7, 11) is 0. The molecule has 0 aliphatic heterocycles. The summed E-state index contributed by atoms with van der Waals surface area (Å²) in [5.41, 5.74) is 2.03. The first-order chi connectivity index (χ1) is 11.7. The van der Waals surface area contributed by atoms with Gasteiger partial charge < -0.3 is 10.4 Å². The van der Waals surface area contributed by atoms with Gasteiger partial charge >= 0.3 is 0 Å². The van der Waals surface area contributed by atoms with Crippen LogP contribution in [0.15, 0.2) is 59.7 Å². The average Bonchev–Trinajstić information content (AvgIpc) is 2.62. The molecule has 3 aromatic rings. The molecule has 0 atom stereocenters. The standard InChI is InChI=1S/C18H17N3O3/c22-12-14-6-4-13(5-7-14)8-9-19-17(23)15-11-20-16-3-1-2-10-21(16)18(15)24/h1-7,10-11,22H,8-9,12H2,(H,19,23). The number of carbonyl (C=O) groups excluding carboxylic acids is 1. The Morgan fingerprint density at radius 3 is 2.62 bits per heavy atom. The van der Waals surface area contributed by atoms with Gasteiger partial charge in [-0.25, -0.2) is 4.98 Å². The van der Waals surface area contributed by atoms with Crippen molar-refractivity contribution in [1.29, 1.82) is 0 Å². The molecule has 0 spiro atoms. The number of hydrogen-bond donors (Lipinski definition) is 2. The highest BCUT2D eigenvalue weighted by Crippen LogP contribution is 2.05. The van der Waals surface area contributed by atoms with Crippen LogP contribution in [-0.4, -0.2) is 26.9 Å². The maximum atomic E-state index is 12.3. The monoisotopic (exact) mass is 323 g/mol. The van der Waals surface area contributed by atoms with Crippen LogP contribution in [0, 0.1) is 0 Å². The second kappa shape index (κ2) is 7.06. The Morgan fingerprint density at radius 2 is 1.88 bits per heavy atom. The number of rotatable bonds is 5. The van der Waals surface area contributed by atoms with Gasteiger partial charge in [0.2, 0.25) is 0 Å². The molecular formula is C18H17N3O3. The molecule has 0 saturated carbocycles. The van der Waals surface area contributed by atoms with E-state index in [9.17, 15) is 9.59 Å². The smallest absolute Gasteiger partial charge is 0.270 e. The van der Waals surface area contributed by atoms with Crippen LogP contribution in [0.5, 0.6) is 0 Å². The highest BCUT2D eigenvalue weighted by molar-refractivity contribution is 5.93. The van der Waals surface area contributed by atoms with E-state index >= 15 is 0 Å². The second-order valence-electron chi connectivity index (χ2n) is 5.39. The first kappa shape index (κ1) is 15.9. The van der Waals surface area contributed by atoms with Gasteiger partial charge in [-0.1, -0.05) is 30.3 Å². The fourth-order valence-corrected chi connectivity index (χ4v) is 2.41. The summed E-state index contributed by atoms with van der Waals surface area (Å²) in [5.74, 6) is -0.433. The Morgan fingerprint density at radius 1 is 1.12 bits per heavy atom. The second-order valence-corrected chi connectivity index (χ2v) is 5.39. The van der Waals surface area contributed by atoms with E-state index < -0.39 is 5.91 Å². The number of aromatic nitrogens is 2. The molecule has 2 heterocycles. The van der Waals surface area contributed by atoms with Gasteiger partial charge in [-0.05, 0) is 29.7 Å². The number of fused-ring (bicyclic) bond motifs is 1. The zero-order valence-corrected chi connectivity index (χ0v) is 13.0. The Hall–Kier alpha value is -2.99. The van der Waals surface area contributed by atoms with Gasteiger partial charge in [-0.2, -0.15) is 0 Å². The summed E-state index contributed by atoms with van der Waals surface area (Å²) in [4.78, 5) is 28.6. The van der Waals surface area contributed by atoms with Crippen LogP contribution in [0.25, 0.3) is 5.65 Å². The molecule has 0 unspecified atom stereocenters. The summed E-state index contributed by atoms with van der Waals surface area (Å²) < 4.78 is 1.35. The number of carbonyl (C=O) groups is 1. The number of amides is 1. The zero-order chi connectivity index (χ0) is 16.9. The summed E-state index contributed by atoms with van der Waals surface area (Å²) in [5, 5.41) is 11.8. The molecule has 6 nitrogen and oxygen atoms in total. The van der Waals surface area contributed by atoms with Gasteiger partial charge in [0.05, 0.1) is 6.61 Å². The first-order valence-electron chi connectivity index (χ1n) is 7.62. The Balaban J connectivity index is 1.66. The molecule has 2 aromatic heterocycles. The molecule has 122 valence electrons. The lowest BCUT2D eigenvalue weighted by Gasteiger charge is -2.06. The minimum absolute atomic E-state index is 0.00984. The topological polar surface area (TPSA) is 83.7 Å². The number of nitrogens with one attached hydrogen (secondary N) is 1. The van der Waals surface area contributed by atoms with Crippen LogP contribution in [0.4, 0.5) is 0 Å². The minimum atomic E-state index is -0.433. The van der Waals surface area contributed by atoms with Crippen LogP contribution in [-0.2, 0) is 13.0 Å². The summed E-state index contributed by atoms with van der Waals surface area (Å²) in [6.45, 7) is 0.421. The van der Waals surface area contributed by atoms with Crippen molar-refractivity contribution in [3.8, 4) is 0 Å². The Labute approximate surface area is 138 Å². The van der Waals surface area contributed by atoms with Crippen LogP contribution >= 0.6 is 0 Å². The number of benzene rings is 1. The largest absolute Gasteiger partial charge is 0.392 e. The lowest BCUT2D eigenvalue weighted by atomic mass is 10.1. The van der Waals surface area contributed by atoms with Gasteiger partial charge in [0.1, 0.15) is 11.2 Å². The van der Waals surface area contributed by atoms with Crippen molar-refractivity contribution in [2.75, 3.05) is 6.54 Å². The molecule has 0 fully saturated rings. The quantitative estimate of drug-likeness (QED) is 0.738. The molecule has 1 aromatic carbocycles. The van der Waals surface area contributed by atoms with Crippen molar-refractivity contribution in [2.24, 2.45) is 0 Å². The van der Waals surface area contributed by atoms with E-state index in [1.54, 1.807) is 24.4 Å². The number of nitrogens with zero attached hydrogens (tertiary/aromatic N) is 2. The third-order valence-corrected chi connectivity index (χ3v) is 3.76. The normalized spacial score (nSPS) is 10.7. The van der Waals surface area contributed by atoms with E-state index in [-0.39, 0.29) is 17.7 Å². The van der Waals surface area contributed by atoms with Crippen LogP contribution in [0.1, 0.15) is 21.5 Å². The van der Waals surface area contributed by atoms with Crippen molar-refractivity contribution < 1.29 is 9.90 Å². The number of aliphatic hydroxyl groups is 1. The summed E-state index contributed by atoms with van der Waals surface area (Å²) in [6, 6.07) is 12.7. The third kappa shape index (κ3) is 3.33. The van der Waals surface area contributed by atoms with E-state index in [4.69, 9.17) is 5.11 Å². The van der Waals surface area contributed by atoms with Crippen molar-refractivity contribution in [2.45, 2.75) is 13.0 Å². The van der Waals surface area contributed by atoms with E-state index in [1.165, 1.54) is 10.6 Å². The number of pyridine rings is 1. The summed E-state index contributed by atoms with van der Waals surface area (Å²) in [6.07, 6.45) is 3.53. The maximum absolute atomic E-state index is 12.3. The number of hydrogen-bond acceptors (Lipinski definition) is 4. The fourth-order valence-electron chi connectivity index (χ4n) is 2.41. The highest BCUT2D eigenvalue weighted by Gasteiger charge is 2.12. The van der Waals surface area contributed by atoms with Gasteiger partial charge in [-0.3, -0.25) is 14.0 Å². The van der Waals surface area contributed by atoms with Gasteiger partial charge in [0.15, 0.2) is 0 Å². The van der Waals surface area contributed by atoms with Crippen molar-refractivity contribution >= 4 is 11.6 Å². The third-order valence-electron chi connectivity index (χ3n) is 3.76. The average molecular weight is 323 g/mol. The van der Waals surface area contributed by atoms with Crippen molar-refractivity contribution in [3.63, 3.8) is 0 Å². The molecule has 1 amide bonds. The van der Waals surface area contributed by atoms with Crippen molar-refractivity contribution in [1.82, 2.24) is 14.7 Å². The SMILES string of the molecule is O=C(NCCc1ccc(CO)cc1)c1cnc2ccccn2c1=O. The molecule has 2 N–H and O–H groups in total. The van der Waals surface area contributed by atoms with Crippen molar-refractivity contribution in [3.05, 3.63) is 81.9 Å². The van der Waals surface area contributed by atoms with Gasteiger partial charge in [0.25, 0.3) is 11.5 Å². The molecule has 0 saturated heterocycles. The predicted octanol–water partition coefficient (Wildman–Crippen LogP) is 1.16. The van der Waals surface area contributed by atoms with E-state index in [2.05, 4.69) is 10.3 Å². The first-order valence-corrected chi connectivity index (χ1v) is 7.62. The fraction of sp³-hybridized carbons (Fsp3) is 0.167. The van der Waals surface area contributed by atoms with Crippen LogP contribution in [0.2, 0.25) is 0 Å². The van der Waals surface area contributed by atoms with E-state index in [0.717, 1.165) is 11.1 Å². The molecular weight excluding hydrogens is 306 g/mol. The lowest BCUT2D eigenvalue weighted by molar-refractivity contribution is 0.0952. The predicted molar refractivity (Wildman–Crippen MR) is 89.9 cm³/mol. The zero-order valence-electron chi connectivity index (χ0n) is 13.0. The minimum Gasteiger partial charge on any atom is -0.392 e. The molecule has 0 aliphatic rings. The maximum Gasteiger partial charge on any atom is 0.270 e. The Kier molecular flexibility index (Phi) is 4.67. The number of aliphatic hydroxyl groups excluding tert-OH is 1. The van der Waals surface area contributed by atoms with Gasteiger partial charge in [0, 0.05) is 18.9 Å². The van der Waals surface area contributed by atoms with E-state index in [1.807, 2.05) is 24.3 Å². The van der Waals surface area contributed by atoms with Crippen LogP contribution < -0.4 is 10.9 Å². The molecule has 0 bridgehead atoms. The summed E-state index contributed by atoms with van der Waals surface area (Å²) >= 11 is 0. The highest BCUT2D eigenvalue weighted by atomic mass is 16.3. The lowest BCUT2D eigenvalue weighted by Crippen LogP contribution is -2.32. The molecule has 0 aliphatic carbocycles. The van der Waals surface area contributed by atoms with Crippen LogP contribution in [0.3, 0.4) is 0 Å². The molecule has 6 heteroatoms. The molecule has 3 rings (SSSR count). The van der Waals surface area contributed by atoms with E-state index in [0.29, 0.717) is 18.6 Å². The Bertz CT molecular complexity index is 917. The molecule has 0 radical (unpaired) electrons. The van der Waals surface area contributed by atoms with Gasteiger partial charge in [-0.15, -0.1) is 0 Å².